The third kappa shape index (κ3) is 5.28. The highest BCUT2D eigenvalue weighted by molar-refractivity contribution is 5.78. The van der Waals surface area contributed by atoms with Crippen LogP contribution >= 0.6 is 0 Å². The van der Waals surface area contributed by atoms with Gasteiger partial charge in [-0.05, 0) is 31.8 Å². The number of amides is 2. The smallest absolute Gasteiger partial charge is 0.234 e. The quantitative estimate of drug-likeness (QED) is 0.704. The molecule has 1 unspecified atom stereocenters. The van der Waals surface area contributed by atoms with Gasteiger partial charge in [-0.1, -0.05) is 6.92 Å². The lowest BCUT2D eigenvalue weighted by atomic mass is 10.0. The van der Waals surface area contributed by atoms with Crippen molar-refractivity contribution in [1.29, 1.82) is 0 Å². The number of nitrogens with zero attached hydrogens (tertiary/aromatic N) is 2. The van der Waals surface area contributed by atoms with Crippen molar-refractivity contribution in [2.45, 2.75) is 26.2 Å². The molecule has 0 aromatic rings. The second-order valence-corrected chi connectivity index (χ2v) is 6.07. The zero-order valence-electron chi connectivity index (χ0n) is 13.1. The Morgan fingerprint density at radius 1 is 1.24 bits per heavy atom. The van der Waals surface area contributed by atoms with Gasteiger partial charge in [0.25, 0.3) is 0 Å². The molecule has 1 atom stereocenters. The summed E-state index contributed by atoms with van der Waals surface area (Å²) in [5.74, 6) is 0.878. The van der Waals surface area contributed by atoms with E-state index in [9.17, 15) is 9.59 Å². The summed E-state index contributed by atoms with van der Waals surface area (Å²) < 4.78 is 0. The summed E-state index contributed by atoms with van der Waals surface area (Å²) in [5.41, 5.74) is 0. The molecule has 0 aromatic heterocycles. The molecule has 2 aliphatic rings. The van der Waals surface area contributed by atoms with Gasteiger partial charge >= 0.3 is 0 Å². The van der Waals surface area contributed by atoms with Crippen molar-refractivity contribution >= 4 is 11.8 Å². The van der Waals surface area contributed by atoms with Crippen LogP contribution < -0.4 is 10.6 Å². The van der Waals surface area contributed by atoms with Crippen molar-refractivity contribution in [3.63, 3.8) is 0 Å². The molecule has 2 saturated heterocycles. The van der Waals surface area contributed by atoms with E-state index < -0.39 is 0 Å². The lowest BCUT2D eigenvalue weighted by Gasteiger charge is -2.34. The highest BCUT2D eigenvalue weighted by Gasteiger charge is 2.25. The summed E-state index contributed by atoms with van der Waals surface area (Å²) in [6.07, 6.45) is 2.75. The number of piperazine rings is 1. The van der Waals surface area contributed by atoms with Crippen molar-refractivity contribution < 1.29 is 9.59 Å². The number of carbonyl (C=O) groups excluding carboxylic acids is 2. The Kier molecular flexibility index (Phi) is 6.45. The third-order valence-electron chi connectivity index (χ3n) is 4.29. The Bertz CT molecular complexity index is 348. The minimum atomic E-state index is 0.0913. The fraction of sp³-hybridized carbons (Fsp3) is 0.867. The predicted octanol–water partition coefficient (Wildman–Crippen LogP) is -0.344. The van der Waals surface area contributed by atoms with Crippen LogP contribution in [-0.2, 0) is 9.59 Å². The number of carbonyl (C=O) groups is 2. The molecule has 6 heteroatoms. The average Bonchev–Trinajstić information content (AvgIpc) is 2.98. The Morgan fingerprint density at radius 2 is 2.00 bits per heavy atom. The molecule has 0 aliphatic carbocycles. The van der Waals surface area contributed by atoms with E-state index in [1.807, 2.05) is 11.8 Å². The van der Waals surface area contributed by atoms with Gasteiger partial charge in [0, 0.05) is 39.1 Å². The van der Waals surface area contributed by atoms with Crippen LogP contribution in [0.1, 0.15) is 26.2 Å². The summed E-state index contributed by atoms with van der Waals surface area (Å²) in [6, 6.07) is 0. The maximum atomic E-state index is 12.2. The molecule has 2 fully saturated rings. The summed E-state index contributed by atoms with van der Waals surface area (Å²) in [6.45, 7) is 8.36. The second-order valence-electron chi connectivity index (χ2n) is 6.07. The van der Waals surface area contributed by atoms with Crippen LogP contribution in [0.5, 0.6) is 0 Å². The van der Waals surface area contributed by atoms with Crippen molar-refractivity contribution in [2.24, 2.45) is 5.92 Å². The van der Waals surface area contributed by atoms with Crippen molar-refractivity contribution in [3.05, 3.63) is 0 Å². The van der Waals surface area contributed by atoms with E-state index in [1.165, 1.54) is 0 Å². The Labute approximate surface area is 127 Å². The van der Waals surface area contributed by atoms with Crippen LogP contribution in [-0.4, -0.2) is 74.0 Å². The third-order valence-corrected chi connectivity index (χ3v) is 4.29. The standard InChI is InChI=1S/C15H28N4O2/c1-2-4-17-14(20)12-18-6-8-19(9-7-18)15(21)10-13-3-5-16-11-13/h13,16H,2-12H2,1H3,(H,17,20). The van der Waals surface area contributed by atoms with E-state index in [-0.39, 0.29) is 11.8 Å². The highest BCUT2D eigenvalue weighted by atomic mass is 16.2. The van der Waals surface area contributed by atoms with Crippen molar-refractivity contribution in [3.8, 4) is 0 Å². The van der Waals surface area contributed by atoms with Gasteiger partial charge in [0.15, 0.2) is 0 Å². The van der Waals surface area contributed by atoms with Crippen LogP contribution in [0.15, 0.2) is 0 Å². The van der Waals surface area contributed by atoms with Crippen LogP contribution in [0.3, 0.4) is 0 Å². The van der Waals surface area contributed by atoms with Crippen LogP contribution in [0.25, 0.3) is 0 Å². The summed E-state index contributed by atoms with van der Waals surface area (Å²) in [7, 11) is 0. The molecule has 0 radical (unpaired) electrons. The van der Waals surface area contributed by atoms with Gasteiger partial charge in [-0.25, -0.2) is 0 Å². The molecular weight excluding hydrogens is 268 g/mol. The first-order valence-electron chi connectivity index (χ1n) is 8.16. The second kappa shape index (κ2) is 8.34. The fourth-order valence-electron chi connectivity index (χ4n) is 2.94. The number of hydrogen-bond acceptors (Lipinski definition) is 4. The van der Waals surface area contributed by atoms with Gasteiger partial charge < -0.3 is 15.5 Å². The first-order chi connectivity index (χ1) is 10.2. The normalized spacial score (nSPS) is 23.3. The topological polar surface area (TPSA) is 64.7 Å². The van der Waals surface area contributed by atoms with Crippen molar-refractivity contribution in [1.82, 2.24) is 20.4 Å². The molecule has 21 heavy (non-hydrogen) atoms. The van der Waals surface area contributed by atoms with Gasteiger partial charge in [0.2, 0.25) is 11.8 Å². The first-order valence-corrected chi connectivity index (χ1v) is 8.16. The number of nitrogens with one attached hydrogen (secondary N) is 2. The van der Waals surface area contributed by atoms with Gasteiger partial charge in [-0.3, -0.25) is 14.5 Å². The summed E-state index contributed by atoms with van der Waals surface area (Å²) >= 11 is 0. The summed E-state index contributed by atoms with van der Waals surface area (Å²) in [4.78, 5) is 28.0. The van der Waals surface area contributed by atoms with Gasteiger partial charge in [0.1, 0.15) is 0 Å². The Morgan fingerprint density at radius 3 is 2.62 bits per heavy atom. The molecule has 2 N–H and O–H groups in total. The average molecular weight is 296 g/mol. The van der Waals surface area contributed by atoms with E-state index in [4.69, 9.17) is 0 Å². The van der Waals surface area contributed by atoms with Gasteiger partial charge in [-0.2, -0.15) is 0 Å². The van der Waals surface area contributed by atoms with E-state index >= 15 is 0 Å². The molecule has 2 rings (SSSR count). The molecule has 2 amide bonds. The maximum absolute atomic E-state index is 12.2. The summed E-state index contributed by atoms with van der Waals surface area (Å²) in [5, 5.41) is 6.20. The zero-order valence-corrected chi connectivity index (χ0v) is 13.1. The molecule has 2 aliphatic heterocycles. The molecule has 120 valence electrons. The zero-order chi connectivity index (χ0) is 15.1. The van der Waals surface area contributed by atoms with E-state index in [2.05, 4.69) is 15.5 Å². The lowest BCUT2D eigenvalue weighted by Crippen LogP contribution is -2.51. The monoisotopic (exact) mass is 296 g/mol. The molecule has 0 spiro atoms. The molecule has 0 saturated carbocycles. The maximum Gasteiger partial charge on any atom is 0.234 e. The SMILES string of the molecule is CCCNC(=O)CN1CCN(C(=O)CC2CCNC2)CC1. The lowest BCUT2D eigenvalue weighted by molar-refractivity contribution is -0.134. The largest absolute Gasteiger partial charge is 0.355 e. The molecular formula is C15H28N4O2. The predicted molar refractivity (Wildman–Crippen MR) is 81.9 cm³/mol. The molecule has 2 heterocycles. The van der Waals surface area contributed by atoms with Gasteiger partial charge in [-0.15, -0.1) is 0 Å². The molecule has 0 bridgehead atoms. The Balaban J connectivity index is 1.65. The molecule has 6 nitrogen and oxygen atoms in total. The Hall–Kier alpha value is -1.14. The van der Waals surface area contributed by atoms with Crippen LogP contribution in [0.4, 0.5) is 0 Å². The number of hydrogen-bond donors (Lipinski definition) is 2. The van der Waals surface area contributed by atoms with Crippen LogP contribution in [0, 0.1) is 5.92 Å². The van der Waals surface area contributed by atoms with E-state index in [1.54, 1.807) is 0 Å². The van der Waals surface area contributed by atoms with E-state index in [0.29, 0.717) is 18.9 Å². The first kappa shape index (κ1) is 16.2. The number of rotatable bonds is 6. The minimum Gasteiger partial charge on any atom is -0.355 e. The van der Waals surface area contributed by atoms with E-state index in [0.717, 1.165) is 58.7 Å². The van der Waals surface area contributed by atoms with Crippen molar-refractivity contribution in [2.75, 3.05) is 52.4 Å². The minimum absolute atomic E-state index is 0.0913. The van der Waals surface area contributed by atoms with Crippen LogP contribution in [0.2, 0.25) is 0 Å². The fourth-order valence-corrected chi connectivity index (χ4v) is 2.94. The molecule has 0 aromatic carbocycles. The van der Waals surface area contributed by atoms with Gasteiger partial charge in [0.05, 0.1) is 6.54 Å². The highest BCUT2D eigenvalue weighted by Crippen LogP contribution is 2.14.